The molecule has 0 spiro atoms. The molecule has 4 nitrogen and oxygen atoms in total. The molecular formula is C11H15N3OS. The average molecular weight is 237 g/mol. The fourth-order valence-corrected chi connectivity index (χ4v) is 1.89. The quantitative estimate of drug-likeness (QED) is 0.868. The maximum Gasteiger partial charge on any atom is 0.240 e. The van der Waals surface area contributed by atoms with Gasteiger partial charge >= 0.3 is 0 Å². The predicted octanol–water partition coefficient (Wildman–Crippen LogP) is 2.69. The lowest BCUT2D eigenvalue weighted by Gasteiger charge is -2.07. The molecule has 0 radical (unpaired) electrons. The van der Waals surface area contributed by atoms with Crippen LogP contribution in [0.25, 0.3) is 10.7 Å². The summed E-state index contributed by atoms with van der Waals surface area (Å²) in [5, 5.41) is 9.26. The molecule has 0 aliphatic heterocycles. The van der Waals surface area contributed by atoms with Crippen molar-refractivity contribution in [2.24, 2.45) is 0 Å². The predicted molar refractivity (Wildman–Crippen MR) is 64.2 cm³/mol. The van der Waals surface area contributed by atoms with Crippen LogP contribution in [0, 0.1) is 0 Å². The van der Waals surface area contributed by atoms with Crippen molar-refractivity contribution < 1.29 is 4.52 Å². The van der Waals surface area contributed by atoms with Crippen LogP contribution in [0.2, 0.25) is 0 Å². The van der Waals surface area contributed by atoms with E-state index in [-0.39, 0.29) is 0 Å². The van der Waals surface area contributed by atoms with E-state index in [0.717, 1.165) is 11.3 Å². The van der Waals surface area contributed by atoms with Crippen LogP contribution in [0.5, 0.6) is 0 Å². The zero-order valence-electron chi connectivity index (χ0n) is 9.43. The minimum atomic E-state index is 0.470. The second-order valence-corrected chi connectivity index (χ2v) is 4.63. The molecule has 0 aliphatic rings. The van der Waals surface area contributed by atoms with E-state index in [4.69, 9.17) is 4.52 Å². The van der Waals surface area contributed by atoms with Gasteiger partial charge in [0.25, 0.3) is 0 Å². The first kappa shape index (κ1) is 11.3. The van der Waals surface area contributed by atoms with Crippen LogP contribution in [-0.2, 0) is 6.54 Å². The summed E-state index contributed by atoms with van der Waals surface area (Å²) in [5.41, 5.74) is 0. The first-order valence-electron chi connectivity index (χ1n) is 5.39. The van der Waals surface area contributed by atoms with Gasteiger partial charge in [0, 0.05) is 6.04 Å². The highest BCUT2D eigenvalue weighted by molar-refractivity contribution is 7.13. The Hall–Kier alpha value is -1.20. The van der Waals surface area contributed by atoms with Crippen molar-refractivity contribution in [1.82, 2.24) is 15.5 Å². The summed E-state index contributed by atoms with van der Waals surface area (Å²) in [5.74, 6) is 1.32. The van der Waals surface area contributed by atoms with Crippen LogP contribution in [-0.4, -0.2) is 16.2 Å². The normalized spacial score (nSPS) is 12.9. The minimum Gasteiger partial charge on any atom is -0.338 e. The molecule has 2 heterocycles. The van der Waals surface area contributed by atoms with Crippen molar-refractivity contribution in [3.05, 3.63) is 23.4 Å². The van der Waals surface area contributed by atoms with E-state index in [1.807, 2.05) is 17.5 Å². The fourth-order valence-electron chi connectivity index (χ4n) is 1.24. The summed E-state index contributed by atoms with van der Waals surface area (Å²) in [7, 11) is 0. The molecule has 5 heteroatoms. The van der Waals surface area contributed by atoms with Crippen LogP contribution < -0.4 is 5.32 Å². The molecule has 0 bridgehead atoms. The van der Waals surface area contributed by atoms with Crippen LogP contribution in [0.3, 0.4) is 0 Å². The van der Waals surface area contributed by atoms with Crippen LogP contribution in [0.15, 0.2) is 22.0 Å². The molecule has 86 valence electrons. The Morgan fingerprint density at radius 3 is 3.12 bits per heavy atom. The summed E-state index contributed by atoms with van der Waals surface area (Å²) in [6.45, 7) is 4.91. The highest BCUT2D eigenvalue weighted by Gasteiger charge is 2.09. The molecule has 0 saturated heterocycles. The second-order valence-electron chi connectivity index (χ2n) is 3.68. The largest absolute Gasteiger partial charge is 0.338 e. The summed E-state index contributed by atoms with van der Waals surface area (Å²) < 4.78 is 5.17. The Morgan fingerprint density at radius 2 is 2.44 bits per heavy atom. The number of nitrogens with zero attached hydrogens (tertiary/aromatic N) is 2. The Bertz CT molecular complexity index is 424. The molecular weight excluding hydrogens is 222 g/mol. The van der Waals surface area contributed by atoms with E-state index in [0.29, 0.717) is 24.3 Å². The van der Waals surface area contributed by atoms with Gasteiger partial charge in [-0.1, -0.05) is 18.1 Å². The van der Waals surface area contributed by atoms with Crippen LogP contribution >= 0.6 is 11.3 Å². The van der Waals surface area contributed by atoms with Crippen LogP contribution in [0.4, 0.5) is 0 Å². The van der Waals surface area contributed by atoms with E-state index in [9.17, 15) is 0 Å². The van der Waals surface area contributed by atoms with Gasteiger partial charge in [0.15, 0.2) is 0 Å². The van der Waals surface area contributed by atoms with Gasteiger partial charge in [-0.25, -0.2) is 0 Å². The molecule has 0 unspecified atom stereocenters. The number of hydrogen-bond donors (Lipinski definition) is 1. The summed E-state index contributed by atoms with van der Waals surface area (Å²) in [4.78, 5) is 5.37. The molecule has 2 aromatic rings. The highest BCUT2D eigenvalue weighted by atomic mass is 32.1. The van der Waals surface area contributed by atoms with E-state index >= 15 is 0 Å². The van der Waals surface area contributed by atoms with Crippen molar-refractivity contribution in [3.8, 4) is 10.7 Å². The molecule has 0 aliphatic carbocycles. The topological polar surface area (TPSA) is 51.0 Å². The number of hydrogen-bond acceptors (Lipinski definition) is 5. The molecule has 1 N–H and O–H groups in total. The third-order valence-corrected chi connectivity index (χ3v) is 3.29. The monoisotopic (exact) mass is 237 g/mol. The number of nitrogens with one attached hydrogen (secondary N) is 1. The Balaban J connectivity index is 1.98. The maximum absolute atomic E-state index is 5.17. The lowest BCUT2D eigenvalue weighted by molar-refractivity contribution is 0.358. The SMILES string of the molecule is CC[C@@H](C)NCc1nc(-c2cccs2)no1. The third kappa shape index (κ3) is 2.68. The van der Waals surface area contributed by atoms with Gasteiger partial charge in [-0.05, 0) is 24.8 Å². The van der Waals surface area contributed by atoms with Gasteiger partial charge in [-0.15, -0.1) is 11.3 Å². The number of aromatic nitrogens is 2. The highest BCUT2D eigenvalue weighted by Crippen LogP contribution is 2.21. The molecule has 1 atom stereocenters. The second kappa shape index (κ2) is 5.23. The van der Waals surface area contributed by atoms with E-state index in [1.54, 1.807) is 11.3 Å². The van der Waals surface area contributed by atoms with Gasteiger partial charge in [0.05, 0.1) is 11.4 Å². The first-order valence-corrected chi connectivity index (χ1v) is 6.27. The van der Waals surface area contributed by atoms with Crippen molar-refractivity contribution >= 4 is 11.3 Å². The lowest BCUT2D eigenvalue weighted by Crippen LogP contribution is -2.24. The Morgan fingerprint density at radius 1 is 1.56 bits per heavy atom. The zero-order valence-corrected chi connectivity index (χ0v) is 10.3. The smallest absolute Gasteiger partial charge is 0.240 e. The number of thiophene rings is 1. The molecule has 0 aromatic carbocycles. The van der Waals surface area contributed by atoms with Crippen molar-refractivity contribution in [2.75, 3.05) is 0 Å². The molecule has 2 rings (SSSR count). The summed E-state index contributed by atoms with van der Waals surface area (Å²) >= 11 is 1.61. The lowest BCUT2D eigenvalue weighted by atomic mass is 10.3. The van der Waals surface area contributed by atoms with Crippen LogP contribution in [0.1, 0.15) is 26.2 Å². The zero-order chi connectivity index (χ0) is 11.4. The van der Waals surface area contributed by atoms with Gasteiger partial charge in [-0.3, -0.25) is 0 Å². The first-order chi connectivity index (χ1) is 7.79. The fraction of sp³-hybridized carbons (Fsp3) is 0.455. The molecule has 0 amide bonds. The maximum atomic E-state index is 5.17. The standard InChI is InChI=1S/C11H15N3OS/c1-3-8(2)12-7-10-13-11(14-15-10)9-5-4-6-16-9/h4-6,8,12H,3,7H2,1-2H3/t8-/m1/s1. The summed E-state index contributed by atoms with van der Waals surface area (Å²) in [6, 6.07) is 4.44. The summed E-state index contributed by atoms with van der Waals surface area (Å²) in [6.07, 6.45) is 1.09. The molecule has 0 fully saturated rings. The number of rotatable bonds is 5. The van der Waals surface area contributed by atoms with Gasteiger partial charge < -0.3 is 9.84 Å². The van der Waals surface area contributed by atoms with Gasteiger partial charge in [0.1, 0.15) is 0 Å². The van der Waals surface area contributed by atoms with Gasteiger partial charge in [0.2, 0.25) is 11.7 Å². The Labute approximate surface area is 98.7 Å². The van der Waals surface area contributed by atoms with Crippen molar-refractivity contribution in [1.29, 1.82) is 0 Å². The van der Waals surface area contributed by atoms with Gasteiger partial charge in [-0.2, -0.15) is 4.98 Å². The molecule has 16 heavy (non-hydrogen) atoms. The third-order valence-electron chi connectivity index (χ3n) is 2.42. The average Bonchev–Trinajstić information content (AvgIpc) is 2.95. The molecule has 0 saturated carbocycles. The van der Waals surface area contributed by atoms with Crippen molar-refractivity contribution in [3.63, 3.8) is 0 Å². The van der Waals surface area contributed by atoms with Crippen molar-refractivity contribution in [2.45, 2.75) is 32.9 Å². The van der Waals surface area contributed by atoms with E-state index in [2.05, 4.69) is 29.3 Å². The minimum absolute atomic E-state index is 0.470. The molecule has 2 aromatic heterocycles. The Kier molecular flexibility index (Phi) is 3.69. The van der Waals surface area contributed by atoms with E-state index in [1.165, 1.54) is 0 Å². The van der Waals surface area contributed by atoms with E-state index < -0.39 is 0 Å².